The third kappa shape index (κ3) is 2.84. The number of benzene rings is 2. The van der Waals surface area contributed by atoms with Crippen LogP contribution >= 0.6 is 0 Å². The Morgan fingerprint density at radius 1 is 0.952 bits per heavy atom. The summed E-state index contributed by atoms with van der Waals surface area (Å²) in [5, 5.41) is 15.3. The molecule has 0 atom stereocenters. The predicted octanol–water partition coefficient (Wildman–Crippen LogP) is 1.97. The van der Waals surface area contributed by atoms with E-state index in [2.05, 4.69) is 5.10 Å². The molecule has 0 amide bonds. The maximum Gasteiger partial charge on any atom is 0.0929 e. The second-order valence-electron chi connectivity index (χ2n) is 4.68. The predicted molar refractivity (Wildman–Crippen MR) is 78.1 cm³/mol. The van der Waals surface area contributed by atoms with Crippen molar-refractivity contribution >= 4 is 5.97 Å². The molecule has 1 aromatic heterocycles. The Morgan fingerprint density at radius 3 is 2.10 bits per heavy atom. The fraction of sp³-hybridized carbons (Fsp3) is 0.0588. The van der Waals surface area contributed by atoms with Crippen molar-refractivity contribution in [1.29, 1.82) is 0 Å². The zero-order chi connectivity index (χ0) is 14.7. The summed E-state index contributed by atoms with van der Waals surface area (Å²) in [4.78, 5) is 10.9. The first-order chi connectivity index (χ1) is 10.2. The van der Waals surface area contributed by atoms with Gasteiger partial charge in [-0.1, -0.05) is 60.7 Å². The average Bonchev–Trinajstić information content (AvgIpc) is 2.92. The van der Waals surface area contributed by atoms with Crippen LogP contribution in [0, 0.1) is 0 Å². The third-order valence-corrected chi connectivity index (χ3v) is 3.20. The van der Waals surface area contributed by atoms with Crippen LogP contribution in [0.25, 0.3) is 22.5 Å². The molecular weight excluding hydrogens is 264 g/mol. The molecule has 21 heavy (non-hydrogen) atoms. The van der Waals surface area contributed by atoms with E-state index in [9.17, 15) is 9.90 Å². The monoisotopic (exact) mass is 277 g/mol. The van der Waals surface area contributed by atoms with Crippen LogP contribution in [0.2, 0.25) is 0 Å². The van der Waals surface area contributed by atoms with E-state index in [1.165, 1.54) is 4.68 Å². The Labute approximate surface area is 122 Å². The quantitative estimate of drug-likeness (QED) is 0.732. The number of carboxylic acids is 1. The second-order valence-corrected chi connectivity index (χ2v) is 4.68. The minimum absolute atomic E-state index is 0.267. The third-order valence-electron chi connectivity index (χ3n) is 3.20. The van der Waals surface area contributed by atoms with E-state index in [1.54, 1.807) is 0 Å². The Balaban J connectivity index is 2.10. The molecule has 0 aliphatic heterocycles. The van der Waals surface area contributed by atoms with E-state index < -0.39 is 5.97 Å². The van der Waals surface area contributed by atoms with Crippen LogP contribution in [0.3, 0.4) is 0 Å². The smallest absolute Gasteiger partial charge is 0.0929 e. The highest BCUT2D eigenvalue weighted by molar-refractivity contribution is 5.71. The lowest BCUT2D eigenvalue weighted by atomic mass is 10.1. The van der Waals surface area contributed by atoms with Crippen LogP contribution in [0.5, 0.6) is 0 Å². The standard InChI is InChI=1S/C17H14N2O2/c20-17(21)12-19-16(14-9-5-2-6-10-14)11-15(18-19)13-7-3-1-4-8-13/h1-11H,12H2,(H,20,21)/p-1. The van der Waals surface area contributed by atoms with Crippen molar-refractivity contribution in [3.63, 3.8) is 0 Å². The van der Waals surface area contributed by atoms with Crippen molar-refractivity contribution in [2.24, 2.45) is 0 Å². The molecule has 104 valence electrons. The van der Waals surface area contributed by atoms with Crippen molar-refractivity contribution in [3.8, 4) is 22.5 Å². The molecule has 0 bridgehead atoms. The topological polar surface area (TPSA) is 57.9 Å². The number of aromatic nitrogens is 2. The molecule has 3 aromatic rings. The van der Waals surface area contributed by atoms with Gasteiger partial charge in [0.1, 0.15) is 0 Å². The molecular formula is C17H13N2O2-. The molecule has 0 aliphatic carbocycles. The summed E-state index contributed by atoms with van der Waals surface area (Å²) < 4.78 is 1.47. The highest BCUT2D eigenvalue weighted by Crippen LogP contribution is 2.25. The minimum atomic E-state index is -1.16. The highest BCUT2D eigenvalue weighted by Gasteiger charge is 2.11. The van der Waals surface area contributed by atoms with Crippen LogP contribution in [0.4, 0.5) is 0 Å². The number of nitrogens with zero attached hydrogens (tertiary/aromatic N) is 2. The number of hydrogen-bond donors (Lipinski definition) is 0. The van der Waals surface area contributed by atoms with Gasteiger partial charge in [0.25, 0.3) is 0 Å². The summed E-state index contributed by atoms with van der Waals surface area (Å²) in [7, 11) is 0. The number of rotatable bonds is 4. The number of aliphatic carboxylic acids is 1. The fourth-order valence-corrected chi connectivity index (χ4v) is 2.25. The molecule has 0 aliphatic rings. The van der Waals surface area contributed by atoms with Gasteiger partial charge >= 0.3 is 0 Å². The normalized spacial score (nSPS) is 10.5. The SMILES string of the molecule is O=C([O-])Cn1nc(-c2ccccc2)cc1-c1ccccc1. The number of hydrogen-bond acceptors (Lipinski definition) is 3. The van der Waals surface area contributed by atoms with Crippen molar-refractivity contribution in [2.45, 2.75) is 6.54 Å². The first-order valence-electron chi connectivity index (χ1n) is 6.62. The Morgan fingerprint density at radius 2 is 1.52 bits per heavy atom. The summed E-state index contributed by atoms with van der Waals surface area (Å²) >= 11 is 0. The second kappa shape index (κ2) is 5.63. The van der Waals surface area contributed by atoms with Crippen molar-refractivity contribution in [1.82, 2.24) is 9.78 Å². The van der Waals surface area contributed by atoms with E-state index >= 15 is 0 Å². The summed E-state index contributed by atoms with van der Waals surface area (Å²) in [6.07, 6.45) is 0. The maximum atomic E-state index is 10.9. The van der Waals surface area contributed by atoms with Gasteiger partial charge in [0.2, 0.25) is 0 Å². The van der Waals surface area contributed by atoms with E-state index in [0.717, 1.165) is 22.5 Å². The van der Waals surface area contributed by atoms with Crippen LogP contribution in [0.15, 0.2) is 66.7 Å². The Bertz CT molecular complexity index is 749. The summed E-state index contributed by atoms with van der Waals surface area (Å²) in [5.41, 5.74) is 3.38. The lowest BCUT2D eigenvalue weighted by Gasteiger charge is -2.07. The maximum absolute atomic E-state index is 10.9. The van der Waals surface area contributed by atoms with Gasteiger partial charge in [-0.2, -0.15) is 5.10 Å². The van der Waals surface area contributed by atoms with Gasteiger partial charge in [0.15, 0.2) is 0 Å². The average molecular weight is 277 g/mol. The van der Waals surface area contributed by atoms with Gasteiger partial charge in [-0.25, -0.2) is 0 Å². The summed E-state index contributed by atoms with van der Waals surface area (Å²) in [6, 6.07) is 21.2. The van der Waals surface area contributed by atoms with Gasteiger partial charge in [-0.3, -0.25) is 4.68 Å². The highest BCUT2D eigenvalue weighted by atomic mass is 16.4. The zero-order valence-corrected chi connectivity index (χ0v) is 11.3. The lowest BCUT2D eigenvalue weighted by molar-refractivity contribution is -0.306. The van der Waals surface area contributed by atoms with E-state index in [-0.39, 0.29) is 6.54 Å². The van der Waals surface area contributed by atoms with Crippen molar-refractivity contribution in [3.05, 3.63) is 66.7 Å². The first kappa shape index (κ1) is 13.1. The molecule has 0 fully saturated rings. The van der Waals surface area contributed by atoms with Crippen LogP contribution in [-0.4, -0.2) is 15.7 Å². The molecule has 0 saturated carbocycles. The van der Waals surface area contributed by atoms with E-state index in [0.29, 0.717) is 0 Å². The van der Waals surface area contributed by atoms with Gasteiger partial charge < -0.3 is 9.90 Å². The van der Waals surface area contributed by atoms with Gasteiger partial charge in [0, 0.05) is 5.56 Å². The first-order valence-corrected chi connectivity index (χ1v) is 6.62. The van der Waals surface area contributed by atoms with E-state index in [1.807, 2.05) is 66.7 Å². The molecule has 2 aromatic carbocycles. The Kier molecular flexibility index (Phi) is 3.51. The molecule has 0 radical (unpaired) electrons. The van der Waals surface area contributed by atoms with Gasteiger partial charge in [-0.05, 0) is 11.6 Å². The van der Waals surface area contributed by atoms with Crippen LogP contribution < -0.4 is 5.11 Å². The summed E-state index contributed by atoms with van der Waals surface area (Å²) in [6.45, 7) is -0.267. The molecule has 4 heteroatoms. The molecule has 0 N–H and O–H groups in total. The molecule has 0 saturated heterocycles. The zero-order valence-electron chi connectivity index (χ0n) is 11.3. The van der Waals surface area contributed by atoms with Crippen molar-refractivity contribution in [2.75, 3.05) is 0 Å². The molecule has 3 rings (SSSR count). The number of carbonyl (C=O) groups is 1. The fourth-order valence-electron chi connectivity index (χ4n) is 2.25. The van der Waals surface area contributed by atoms with Crippen molar-refractivity contribution < 1.29 is 9.90 Å². The van der Waals surface area contributed by atoms with Crippen LogP contribution in [-0.2, 0) is 11.3 Å². The minimum Gasteiger partial charge on any atom is -0.548 e. The van der Waals surface area contributed by atoms with Crippen LogP contribution in [0.1, 0.15) is 0 Å². The van der Waals surface area contributed by atoms with Gasteiger partial charge in [-0.15, -0.1) is 0 Å². The summed E-state index contributed by atoms with van der Waals surface area (Å²) in [5.74, 6) is -1.16. The van der Waals surface area contributed by atoms with Gasteiger partial charge in [0.05, 0.1) is 23.9 Å². The largest absolute Gasteiger partial charge is 0.548 e. The molecule has 0 spiro atoms. The molecule has 4 nitrogen and oxygen atoms in total. The Hall–Kier alpha value is -2.88. The number of carboxylic acid groups (broad SMARTS) is 1. The van der Waals surface area contributed by atoms with E-state index in [4.69, 9.17) is 0 Å². The lowest BCUT2D eigenvalue weighted by Crippen LogP contribution is -2.28. The number of carbonyl (C=O) groups excluding carboxylic acids is 1. The molecule has 0 unspecified atom stereocenters. The molecule has 1 heterocycles.